The SMILES string of the molecule is N#CCC(O)c1cccc([N+](=O)[O-])c1. The molecule has 0 bridgehead atoms. The van der Waals surface area contributed by atoms with Gasteiger partial charge in [0.2, 0.25) is 0 Å². The smallest absolute Gasteiger partial charge is 0.269 e. The van der Waals surface area contributed by atoms with Crippen molar-refractivity contribution in [2.75, 3.05) is 0 Å². The molecule has 0 saturated carbocycles. The van der Waals surface area contributed by atoms with E-state index in [0.717, 1.165) is 0 Å². The molecule has 72 valence electrons. The van der Waals surface area contributed by atoms with E-state index in [-0.39, 0.29) is 12.1 Å². The van der Waals surface area contributed by atoms with Gasteiger partial charge in [0.05, 0.1) is 23.5 Å². The molecule has 0 aromatic heterocycles. The summed E-state index contributed by atoms with van der Waals surface area (Å²) in [6.07, 6.45) is -1.03. The van der Waals surface area contributed by atoms with Crippen LogP contribution in [0.1, 0.15) is 18.1 Å². The lowest BCUT2D eigenvalue weighted by molar-refractivity contribution is -0.385. The average molecular weight is 192 g/mol. The second-order valence-electron chi connectivity index (χ2n) is 2.73. The zero-order valence-electron chi connectivity index (χ0n) is 7.25. The fourth-order valence-electron chi connectivity index (χ4n) is 1.05. The Labute approximate surface area is 80.4 Å². The maximum Gasteiger partial charge on any atom is 0.269 e. The first-order chi connectivity index (χ1) is 6.65. The molecular weight excluding hydrogens is 184 g/mol. The van der Waals surface area contributed by atoms with Crippen LogP contribution < -0.4 is 0 Å². The Morgan fingerprint density at radius 1 is 1.64 bits per heavy atom. The standard InChI is InChI=1S/C9H8N2O3/c10-5-4-9(12)7-2-1-3-8(6-7)11(13)14/h1-3,6,9,12H,4H2. The van der Waals surface area contributed by atoms with Crippen LogP contribution in [0.5, 0.6) is 0 Å². The maximum atomic E-state index is 10.4. The van der Waals surface area contributed by atoms with Crippen molar-refractivity contribution in [3.8, 4) is 6.07 Å². The molecule has 1 aromatic rings. The van der Waals surface area contributed by atoms with Crippen molar-refractivity contribution in [2.45, 2.75) is 12.5 Å². The molecule has 0 radical (unpaired) electrons. The zero-order chi connectivity index (χ0) is 10.6. The molecule has 1 unspecified atom stereocenters. The molecule has 1 atom stereocenters. The Morgan fingerprint density at radius 2 is 2.36 bits per heavy atom. The second-order valence-corrected chi connectivity index (χ2v) is 2.73. The summed E-state index contributed by atoms with van der Waals surface area (Å²) in [4.78, 5) is 9.85. The van der Waals surface area contributed by atoms with E-state index in [0.29, 0.717) is 5.56 Å². The van der Waals surface area contributed by atoms with Crippen molar-refractivity contribution in [3.05, 3.63) is 39.9 Å². The first kappa shape index (κ1) is 10.2. The van der Waals surface area contributed by atoms with Gasteiger partial charge in [-0.1, -0.05) is 12.1 Å². The molecule has 5 nitrogen and oxygen atoms in total. The van der Waals surface area contributed by atoms with Crippen molar-refractivity contribution >= 4 is 5.69 Å². The Bertz CT molecular complexity index is 384. The number of nitriles is 1. The molecule has 5 heteroatoms. The van der Waals surface area contributed by atoms with Gasteiger partial charge in [0.25, 0.3) is 5.69 Å². The van der Waals surface area contributed by atoms with Crippen LogP contribution in [-0.2, 0) is 0 Å². The van der Waals surface area contributed by atoms with Crippen LogP contribution in [0.15, 0.2) is 24.3 Å². The third-order valence-electron chi connectivity index (χ3n) is 1.75. The number of nitro groups is 1. The van der Waals surface area contributed by atoms with Gasteiger partial charge in [0.1, 0.15) is 0 Å². The van der Waals surface area contributed by atoms with Gasteiger partial charge < -0.3 is 5.11 Å². The summed E-state index contributed by atoms with van der Waals surface area (Å²) in [7, 11) is 0. The van der Waals surface area contributed by atoms with Gasteiger partial charge in [-0.2, -0.15) is 5.26 Å². The van der Waals surface area contributed by atoms with E-state index in [4.69, 9.17) is 5.26 Å². The van der Waals surface area contributed by atoms with Crippen molar-refractivity contribution in [2.24, 2.45) is 0 Å². The Morgan fingerprint density at radius 3 is 2.93 bits per heavy atom. The normalized spacial score (nSPS) is 11.7. The fourth-order valence-corrected chi connectivity index (χ4v) is 1.05. The number of nitro benzene ring substituents is 1. The summed E-state index contributed by atoms with van der Waals surface area (Å²) in [6.45, 7) is 0. The van der Waals surface area contributed by atoms with E-state index in [2.05, 4.69) is 0 Å². The maximum absolute atomic E-state index is 10.4. The van der Waals surface area contributed by atoms with Crippen LogP contribution in [0.25, 0.3) is 0 Å². The molecule has 14 heavy (non-hydrogen) atoms. The molecule has 0 aliphatic heterocycles. The highest BCUT2D eigenvalue weighted by atomic mass is 16.6. The van der Waals surface area contributed by atoms with E-state index < -0.39 is 11.0 Å². The van der Waals surface area contributed by atoms with Gasteiger partial charge in [0, 0.05) is 12.1 Å². The molecule has 1 rings (SSSR count). The minimum absolute atomic E-state index is 0.0683. The summed E-state index contributed by atoms with van der Waals surface area (Å²) < 4.78 is 0. The van der Waals surface area contributed by atoms with Crippen molar-refractivity contribution in [1.82, 2.24) is 0 Å². The molecule has 0 heterocycles. The highest BCUT2D eigenvalue weighted by Gasteiger charge is 2.11. The van der Waals surface area contributed by atoms with Gasteiger partial charge in [-0.3, -0.25) is 10.1 Å². The van der Waals surface area contributed by atoms with Gasteiger partial charge in [-0.05, 0) is 5.56 Å². The van der Waals surface area contributed by atoms with Crippen LogP contribution in [0.4, 0.5) is 5.69 Å². The minimum Gasteiger partial charge on any atom is -0.387 e. The fraction of sp³-hybridized carbons (Fsp3) is 0.222. The lowest BCUT2D eigenvalue weighted by Gasteiger charge is -2.05. The monoisotopic (exact) mass is 192 g/mol. The van der Waals surface area contributed by atoms with Gasteiger partial charge in [0.15, 0.2) is 0 Å². The van der Waals surface area contributed by atoms with Crippen molar-refractivity contribution in [1.29, 1.82) is 5.26 Å². The molecule has 0 fully saturated rings. The van der Waals surface area contributed by atoms with Crippen LogP contribution in [0, 0.1) is 21.4 Å². The zero-order valence-corrected chi connectivity index (χ0v) is 7.25. The van der Waals surface area contributed by atoms with Crippen LogP contribution in [0.3, 0.4) is 0 Å². The molecular formula is C9H8N2O3. The quantitative estimate of drug-likeness (QED) is 0.581. The highest BCUT2D eigenvalue weighted by Crippen LogP contribution is 2.20. The van der Waals surface area contributed by atoms with Crippen LogP contribution in [-0.4, -0.2) is 10.0 Å². The minimum atomic E-state index is -0.958. The topological polar surface area (TPSA) is 87.2 Å². The number of nitrogens with zero attached hydrogens (tertiary/aromatic N) is 2. The molecule has 0 aliphatic carbocycles. The number of benzene rings is 1. The lowest BCUT2D eigenvalue weighted by atomic mass is 10.1. The summed E-state index contributed by atoms with van der Waals surface area (Å²) >= 11 is 0. The van der Waals surface area contributed by atoms with Crippen LogP contribution in [0.2, 0.25) is 0 Å². The van der Waals surface area contributed by atoms with Gasteiger partial charge in [-0.15, -0.1) is 0 Å². The Balaban J connectivity index is 2.94. The summed E-state index contributed by atoms with van der Waals surface area (Å²) in [5, 5.41) is 28.1. The molecule has 1 N–H and O–H groups in total. The highest BCUT2D eigenvalue weighted by molar-refractivity contribution is 5.35. The van der Waals surface area contributed by atoms with E-state index >= 15 is 0 Å². The summed E-state index contributed by atoms with van der Waals surface area (Å²) in [5.74, 6) is 0. The average Bonchev–Trinajstić information content (AvgIpc) is 2.18. The van der Waals surface area contributed by atoms with Gasteiger partial charge in [-0.25, -0.2) is 0 Å². The number of aliphatic hydroxyl groups is 1. The molecule has 1 aromatic carbocycles. The van der Waals surface area contributed by atoms with Crippen LogP contribution >= 0.6 is 0 Å². The second kappa shape index (κ2) is 4.35. The van der Waals surface area contributed by atoms with Gasteiger partial charge >= 0.3 is 0 Å². The van der Waals surface area contributed by atoms with Crippen molar-refractivity contribution < 1.29 is 10.0 Å². The molecule has 0 spiro atoms. The number of hydrogen-bond donors (Lipinski definition) is 1. The molecule has 0 saturated heterocycles. The van der Waals surface area contributed by atoms with E-state index in [1.807, 2.05) is 0 Å². The number of rotatable bonds is 3. The van der Waals surface area contributed by atoms with E-state index in [9.17, 15) is 15.2 Å². The van der Waals surface area contributed by atoms with E-state index in [1.165, 1.54) is 18.2 Å². The summed E-state index contributed by atoms with van der Waals surface area (Å²) in [6, 6.07) is 7.43. The number of aliphatic hydroxyl groups excluding tert-OH is 1. The predicted molar refractivity (Wildman–Crippen MR) is 48.3 cm³/mol. The first-order valence-corrected chi connectivity index (χ1v) is 3.94. The molecule has 0 aliphatic rings. The van der Waals surface area contributed by atoms with Crippen molar-refractivity contribution in [3.63, 3.8) is 0 Å². The number of hydrogen-bond acceptors (Lipinski definition) is 4. The Kier molecular flexibility index (Phi) is 3.15. The summed E-state index contributed by atoms with van der Waals surface area (Å²) in [5.41, 5.74) is 0.306. The Hall–Kier alpha value is -1.93. The largest absolute Gasteiger partial charge is 0.387 e. The van der Waals surface area contributed by atoms with E-state index in [1.54, 1.807) is 12.1 Å². The predicted octanol–water partition coefficient (Wildman–Crippen LogP) is 1.54. The number of non-ortho nitro benzene ring substituents is 1. The first-order valence-electron chi connectivity index (χ1n) is 3.94. The molecule has 0 amide bonds. The lowest BCUT2D eigenvalue weighted by Crippen LogP contribution is -1.97. The third kappa shape index (κ3) is 2.28. The third-order valence-corrected chi connectivity index (χ3v) is 1.75.